The Morgan fingerprint density at radius 3 is 1.48 bits per heavy atom. The van der Waals surface area contributed by atoms with Gasteiger partial charge in [0.05, 0.1) is 13.2 Å². The molecule has 40 heavy (non-hydrogen) atoms. The Bertz CT molecular complexity index is 1570. The molecule has 2 aromatic heterocycles. The first-order chi connectivity index (χ1) is 18.6. The number of H-pyrrole nitrogens is 2. The highest BCUT2D eigenvalue weighted by atomic mass is 31.2. The molecule has 3 aliphatic rings. The summed E-state index contributed by atoms with van der Waals surface area (Å²) < 4.78 is 51.6. The normalized spacial score (nSPS) is 39.4. The fraction of sp³-hybridized carbons (Fsp3) is 0.600. The van der Waals surface area contributed by atoms with Crippen LogP contribution >= 0.6 is 15.2 Å². The summed E-state index contributed by atoms with van der Waals surface area (Å²) in [5, 5.41) is 14.7. The third kappa shape index (κ3) is 4.10. The third-order valence-electron chi connectivity index (χ3n) is 7.35. The van der Waals surface area contributed by atoms with E-state index < -0.39 is 99.1 Å². The highest BCUT2D eigenvalue weighted by molar-refractivity contribution is 7.61. The average Bonchev–Trinajstić information content (AvgIpc) is 3.42. The van der Waals surface area contributed by atoms with Crippen molar-refractivity contribution in [1.82, 2.24) is 19.1 Å². The average molecular weight is 608 g/mol. The minimum atomic E-state index is -5.29. The fourth-order valence-corrected chi connectivity index (χ4v) is 10.1. The van der Waals surface area contributed by atoms with Crippen LogP contribution in [-0.2, 0) is 27.7 Å². The molecule has 220 valence electrons. The maximum atomic E-state index is 13.8. The number of aryl methyl sites for hydroxylation is 2. The van der Waals surface area contributed by atoms with Crippen LogP contribution in [0.2, 0.25) is 0 Å². The molecular formula is C20H26N4O14P2. The van der Waals surface area contributed by atoms with Crippen molar-refractivity contribution >= 4 is 15.2 Å². The fourth-order valence-electron chi connectivity index (χ4n) is 5.22. The molecule has 8 atom stereocenters. The van der Waals surface area contributed by atoms with E-state index in [0.717, 1.165) is 21.5 Å². The number of rotatable bonds is 4. The summed E-state index contributed by atoms with van der Waals surface area (Å²) in [6.45, 7) is 0.741. The van der Waals surface area contributed by atoms with Crippen molar-refractivity contribution in [2.24, 2.45) is 0 Å². The topological polar surface area (TPSA) is 262 Å². The molecule has 6 N–H and O–H groups in total. The van der Waals surface area contributed by atoms with Crippen molar-refractivity contribution in [3.05, 3.63) is 65.2 Å². The van der Waals surface area contributed by atoms with Crippen LogP contribution in [0.4, 0.5) is 0 Å². The second kappa shape index (κ2) is 9.52. The van der Waals surface area contributed by atoms with Crippen molar-refractivity contribution in [2.75, 3.05) is 13.2 Å². The summed E-state index contributed by atoms with van der Waals surface area (Å²) in [5.41, 5.74) is -3.15. The Morgan fingerprint density at radius 2 is 1.15 bits per heavy atom. The van der Waals surface area contributed by atoms with Crippen LogP contribution in [0.1, 0.15) is 36.4 Å². The van der Waals surface area contributed by atoms with E-state index in [9.17, 15) is 48.3 Å². The molecule has 5 rings (SSSR count). The van der Waals surface area contributed by atoms with Crippen molar-refractivity contribution < 1.29 is 47.7 Å². The number of nitrogens with one attached hydrogen (secondary N) is 2. The van der Waals surface area contributed by atoms with E-state index in [0.29, 0.717) is 0 Å². The van der Waals surface area contributed by atoms with Gasteiger partial charge in [-0.2, -0.15) is 0 Å². The lowest BCUT2D eigenvalue weighted by molar-refractivity contribution is -0.0945. The van der Waals surface area contributed by atoms with Crippen LogP contribution in [-0.4, -0.2) is 75.2 Å². The second-order valence-electron chi connectivity index (χ2n) is 9.80. The monoisotopic (exact) mass is 608 g/mol. The zero-order chi connectivity index (χ0) is 29.4. The second-order valence-corrected chi connectivity index (χ2v) is 13.8. The van der Waals surface area contributed by atoms with Crippen molar-refractivity contribution in [1.29, 1.82) is 0 Å². The van der Waals surface area contributed by atoms with Crippen molar-refractivity contribution in [3.63, 3.8) is 0 Å². The van der Waals surface area contributed by atoms with Gasteiger partial charge in [-0.15, -0.1) is 0 Å². The quantitative estimate of drug-likeness (QED) is 0.207. The van der Waals surface area contributed by atoms with Gasteiger partial charge in [-0.25, -0.2) is 9.59 Å². The molecule has 0 aromatic carbocycles. The Balaban J connectivity index is 1.56. The molecule has 3 fully saturated rings. The van der Waals surface area contributed by atoms with Gasteiger partial charge < -0.3 is 29.5 Å². The Morgan fingerprint density at radius 1 is 0.800 bits per heavy atom. The van der Waals surface area contributed by atoms with Gasteiger partial charge in [0.2, 0.25) is 10.7 Å². The molecule has 0 radical (unpaired) electrons. The van der Waals surface area contributed by atoms with E-state index in [1.54, 1.807) is 0 Å². The van der Waals surface area contributed by atoms with E-state index >= 15 is 0 Å². The highest BCUT2D eigenvalue weighted by Crippen LogP contribution is 2.81. The minimum Gasteiger partial charge on any atom is -0.394 e. The van der Waals surface area contributed by atoms with Gasteiger partial charge >= 0.3 is 26.6 Å². The zero-order valence-corrected chi connectivity index (χ0v) is 22.7. The van der Waals surface area contributed by atoms with Crippen LogP contribution in [0, 0.1) is 13.8 Å². The molecule has 2 spiro atoms. The molecule has 3 saturated heterocycles. The number of hydrogen-bond donors (Lipinski definition) is 6. The number of nitrogens with zero attached hydrogens (tertiary/aromatic N) is 2. The molecular weight excluding hydrogens is 582 g/mol. The largest absolute Gasteiger partial charge is 0.394 e. The molecule has 20 heteroatoms. The van der Waals surface area contributed by atoms with E-state index in [4.69, 9.17) is 18.5 Å². The number of aromatic amines is 2. The molecule has 5 heterocycles. The first-order valence-electron chi connectivity index (χ1n) is 11.9. The van der Waals surface area contributed by atoms with E-state index in [2.05, 4.69) is 0 Å². The smallest absolute Gasteiger partial charge is 0.364 e. The predicted molar refractivity (Wildman–Crippen MR) is 131 cm³/mol. The van der Waals surface area contributed by atoms with Gasteiger partial charge in [-0.3, -0.25) is 46.9 Å². The van der Waals surface area contributed by atoms with Crippen LogP contribution in [0.5, 0.6) is 0 Å². The zero-order valence-electron chi connectivity index (χ0n) is 21.0. The van der Waals surface area contributed by atoms with Crippen molar-refractivity contribution in [2.45, 2.75) is 62.0 Å². The molecule has 2 aromatic rings. The van der Waals surface area contributed by atoms with Crippen LogP contribution in [0.25, 0.3) is 0 Å². The molecule has 0 amide bonds. The molecule has 0 saturated carbocycles. The summed E-state index contributed by atoms with van der Waals surface area (Å²) in [4.78, 5) is 74.9. The summed E-state index contributed by atoms with van der Waals surface area (Å²) in [7, 11) is -10.6. The first kappa shape index (κ1) is 29.0. The Hall–Kier alpha value is -2.50. The van der Waals surface area contributed by atoms with Gasteiger partial charge in [-0.1, -0.05) is 0 Å². The predicted octanol–water partition coefficient (Wildman–Crippen LogP) is -1.93. The molecule has 2 unspecified atom stereocenters. The standard InChI is InChI=1S/C20H26N4O14P2/c1-9-5-23(17(29)21-15(9)27)13-3-19(11(7-25)35-13)37-40(33,34)20(38-39(19,31)32)4-14(36-12(20)8-26)24-6-10(2)16(28)22-18(24)30/h5-6,11-14,25-26H,3-4,7-8H2,1-2H3,(H,31,32)(H,33,34)(H,21,27,29)(H,22,28,30)/t11-,12-,13-,14-,19+,20+/m1/s1. The lowest BCUT2D eigenvalue weighted by atomic mass is 10.1. The molecule has 18 nitrogen and oxygen atoms in total. The van der Waals surface area contributed by atoms with E-state index in [1.807, 2.05) is 9.97 Å². The number of aliphatic hydroxyl groups excluding tert-OH is 2. The molecule has 0 bridgehead atoms. The number of hydrogen-bond acceptors (Lipinski definition) is 12. The lowest BCUT2D eigenvalue weighted by Gasteiger charge is -2.49. The van der Waals surface area contributed by atoms with Gasteiger partial charge in [0.15, 0.2) is 0 Å². The molecule has 3 aliphatic heterocycles. The Labute approximate surface area is 222 Å². The van der Waals surface area contributed by atoms with E-state index in [-0.39, 0.29) is 11.1 Å². The van der Waals surface area contributed by atoms with Crippen LogP contribution < -0.4 is 22.5 Å². The van der Waals surface area contributed by atoms with Gasteiger partial charge in [0.25, 0.3) is 11.1 Å². The summed E-state index contributed by atoms with van der Waals surface area (Å²) in [6.07, 6.45) is -5.70. The highest BCUT2D eigenvalue weighted by Gasteiger charge is 2.77. The van der Waals surface area contributed by atoms with Crippen molar-refractivity contribution in [3.8, 4) is 0 Å². The lowest BCUT2D eigenvalue weighted by Crippen LogP contribution is -2.54. The third-order valence-corrected chi connectivity index (χ3v) is 11.8. The maximum Gasteiger partial charge on any atom is 0.364 e. The molecule has 0 aliphatic carbocycles. The summed E-state index contributed by atoms with van der Waals surface area (Å²) in [6, 6.07) is 0. The van der Waals surface area contributed by atoms with Gasteiger partial charge in [0.1, 0.15) is 24.7 Å². The number of aliphatic hydroxyl groups is 2. The van der Waals surface area contributed by atoms with Crippen LogP contribution in [0.3, 0.4) is 0 Å². The Kier molecular flexibility index (Phi) is 6.91. The number of aromatic nitrogens is 4. The minimum absolute atomic E-state index is 0.0807. The summed E-state index contributed by atoms with van der Waals surface area (Å²) in [5.74, 6) is 0. The SMILES string of the molecule is Cc1cn([C@H]2C[C@@]3(OP(=O)(O)[C@]4(C[C@H](n5cc(C)c(=O)[nH]c5=O)O[C@@H]4CO)OP3(=O)O)[C@@H](CO)O2)c(=O)[nH]c1=O. The van der Waals surface area contributed by atoms with Crippen LogP contribution in [0.15, 0.2) is 31.6 Å². The van der Waals surface area contributed by atoms with Gasteiger partial charge in [0, 0.05) is 36.4 Å². The number of ether oxygens (including phenoxy) is 2. The first-order valence-corrected chi connectivity index (χ1v) is 15.0. The maximum absolute atomic E-state index is 13.8. The van der Waals surface area contributed by atoms with Gasteiger partial charge in [-0.05, 0) is 13.8 Å². The van der Waals surface area contributed by atoms with E-state index in [1.165, 1.54) is 13.8 Å². The summed E-state index contributed by atoms with van der Waals surface area (Å²) >= 11 is 0.